The van der Waals surface area contributed by atoms with Crippen LogP contribution in [0, 0.1) is 0 Å². The van der Waals surface area contributed by atoms with E-state index in [0.29, 0.717) is 5.33 Å². The Hall–Kier alpha value is -0.440. The Kier molecular flexibility index (Phi) is 4.26. The number of rotatable bonds is 4. The first-order chi connectivity index (χ1) is 6.96. The molecule has 1 rings (SSSR count). The van der Waals surface area contributed by atoms with Crippen molar-refractivity contribution in [3.63, 3.8) is 0 Å². The Morgan fingerprint density at radius 3 is 2.73 bits per heavy atom. The number of sulfonamides is 1. The summed E-state index contributed by atoms with van der Waals surface area (Å²) in [7, 11) is -3.86. The molecule has 1 aromatic rings. The average molecular weight is 314 g/mol. The van der Waals surface area contributed by atoms with E-state index in [1.807, 2.05) is 0 Å². The molecule has 0 aromatic carbocycles. The van der Waals surface area contributed by atoms with Crippen LogP contribution in [0.5, 0.6) is 0 Å². The van der Waals surface area contributed by atoms with E-state index in [9.17, 15) is 13.2 Å². The van der Waals surface area contributed by atoms with Crippen LogP contribution in [-0.2, 0) is 14.8 Å². The molecule has 5 nitrogen and oxygen atoms in total. The van der Waals surface area contributed by atoms with Crippen molar-refractivity contribution >= 4 is 43.3 Å². The van der Waals surface area contributed by atoms with Crippen LogP contribution in [0.15, 0.2) is 15.7 Å². The second kappa shape index (κ2) is 5.06. The molecule has 0 amide bonds. The number of alkyl halides is 1. The van der Waals surface area contributed by atoms with E-state index in [1.165, 1.54) is 10.8 Å². The fourth-order valence-electron chi connectivity index (χ4n) is 0.863. The molecule has 84 valence electrons. The summed E-state index contributed by atoms with van der Waals surface area (Å²) in [5.74, 6) is -0.681. The van der Waals surface area contributed by atoms with Crippen LogP contribution < -0.4 is 5.14 Å². The van der Waals surface area contributed by atoms with E-state index in [2.05, 4.69) is 15.9 Å². The highest BCUT2D eigenvalue weighted by Gasteiger charge is 2.21. The van der Waals surface area contributed by atoms with Gasteiger partial charge in [-0.05, 0) is 0 Å². The first-order valence-corrected chi connectivity index (χ1v) is 7.40. The molecule has 0 saturated carbocycles. The van der Waals surface area contributed by atoms with Crippen molar-refractivity contribution < 1.29 is 17.9 Å². The van der Waals surface area contributed by atoms with Crippen molar-refractivity contribution in [1.29, 1.82) is 0 Å². The number of hydrogen-bond acceptors (Lipinski definition) is 5. The maximum absolute atomic E-state index is 11.4. The molecular weight excluding hydrogens is 306 g/mol. The summed E-state index contributed by atoms with van der Waals surface area (Å²) in [6.45, 7) is 0.179. The molecule has 0 radical (unpaired) electrons. The number of ether oxygens (including phenoxy) is 1. The molecule has 0 fully saturated rings. The highest BCUT2D eigenvalue weighted by Crippen LogP contribution is 2.20. The zero-order valence-corrected chi connectivity index (χ0v) is 10.7. The maximum atomic E-state index is 11.4. The van der Waals surface area contributed by atoms with Gasteiger partial charge in [0.2, 0.25) is 10.0 Å². The fraction of sp³-hybridized carbons (Fsp3) is 0.286. The molecule has 0 bridgehead atoms. The molecular formula is C7H8BrNO4S2. The Morgan fingerprint density at radius 1 is 1.53 bits per heavy atom. The van der Waals surface area contributed by atoms with Gasteiger partial charge in [-0.3, -0.25) is 0 Å². The average Bonchev–Trinajstić information content (AvgIpc) is 2.61. The Balaban J connectivity index is 2.96. The molecule has 2 N–H and O–H groups in total. The number of nitrogens with two attached hydrogens (primary N) is 1. The van der Waals surface area contributed by atoms with E-state index < -0.39 is 16.0 Å². The molecule has 1 aromatic heterocycles. The van der Waals surface area contributed by atoms with Gasteiger partial charge in [-0.15, -0.1) is 0 Å². The standard InChI is InChI=1S/C7H8BrNO4S2/c8-1-2-13-7(10)5-3-14-4-6(5)15(9,11)12/h3-4H,1-2H2,(H2,9,11,12). The highest BCUT2D eigenvalue weighted by atomic mass is 79.9. The highest BCUT2D eigenvalue weighted by molar-refractivity contribution is 9.09. The summed E-state index contributed by atoms with van der Waals surface area (Å²) in [5.41, 5.74) is -0.0107. The monoisotopic (exact) mass is 313 g/mol. The van der Waals surface area contributed by atoms with Gasteiger partial charge in [0, 0.05) is 16.1 Å². The fourth-order valence-corrected chi connectivity index (χ4v) is 2.93. The van der Waals surface area contributed by atoms with Crippen LogP contribution in [0.2, 0.25) is 0 Å². The van der Waals surface area contributed by atoms with Gasteiger partial charge in [-0.2, -0.15) is 11.3 Å². The number of hydrogen-bond donors (Lipinski definition) is 1. The van der Waals surface area contributed by atoms with Crippen LogP contribution in [0.1, 0.15) is 10.4 Å². The summed E-state index contributed by atoms with van der Waals surface area (Å²) >= 11 is 4.16. The minimum absolute atomic E-state index is 0.0107. The second-order valence-corrected chi connectivity index (χ2v) is 5.59. The van der Waals surface area contributed by atoms with Gasteiger partial charge in [0.25, 0.3) is 0 Å². The van der Waals surface area contributed by atoms with E-state index in [-0.39, 0.29) is 17.1 Å². The Morgan fingerprint density at radius 2 is 2.20 bits per heavy atom. The SMILES string of the molecule is NS(=O)(=O)c1cscc1C(=O)OCCBr. The van der Waals surface area contributed by atoms with Crippen LogP contribution >= 0.6 is 27.3 Å². The van der Waals surface area contributed by atoms with E-state index >= 15 is 0 Å². The third-order valence-corrected chi connectivity index (χ3v) is 3.63. The van der Waals surface area contributed by atoms with Crippen LogP contribution in [0.4, 0.5) is 0 Å². The third-order valence-electron chi connectivity index (χ3n) is 1.46. The number of carbonyl (C=O) groups excluding carboxylic acids is 1. The van der Waals surface area contributed by atoms with Gasteiger partial charge < -0.3 is 4.74 Å². The molecule has 1 heterocycles. The predicted molar refractivity (Wildman–Crippen MR) is 59.8 cm³/mol. The van der Waals surface area contributed by atoms with Crippen molar-refractivity contribution in [2.75, 3.05) is 11.9 Å². The van der Waals surface area contributed by atoms with Gasteiger partial charge in [0.1, 0.15) is 11.5 Å². The molecule has 0 saturated heterocycles. The molecule has 0 aliphatic carbocycles. The topological polar surface area (TPSA) is 86.5 Å². The third kappa shape index (κ3) is 3.26. The van der Waals surface area contributed by atoms with Gasteiger partial charge in [-0.25, -0.2) is 18.4 Å². The molecule has 0 atom stereocenters. The largest absolute Gasteiger partial charge is 0.461 e. The molecule has 0 unspecified atom stereocenters. The van der Waals surface area contributed by atoms with Crippen LogP contribution in [0.25, 0.3) is 0 Å². The first kappa shape index (κ1) is 12.6. The lowest BCUT2D eigenvalue weighted by Crippen LogP contribution is -2.16. The summed E-state index contributed by atoms with van der Waals surface area (Å²) < 4.78 is 26.9. The first-order valence-electron chi connectivity index (χ1n) is 3.79. The van der Waals surface area contributed by atoms with Gasteiger partial charge in [-0.1, -0.05) is 15.9 Å². The minimum Gasteiger partial charge on any atom is -0.461 e. The van der Waals surface area contributed by atoms with E-state index in [0.717, 1.165) is 11.3 Å². The van der Waals surface area contributed by atoms with Gasteiger partial charge >= 0.3 is 5.97 Å². The van der Waals surface area contributed by atoms with Crippen molar-refractivity contribution in [2.45, 2.75) is 4.90 Å². The minimum atomic E-state index is -3.86. The molecule has 15 heavy (non-hydrogen) atoms. The van der Waals surface area contributed by atoms with E-state index in [1.54, 1.807) is 0 Å². The molecule has 0 aliphatic heterocycles. The Bertz CT molecular complexity index is 453. The lowest BCUT2D eigenvalue weighted by atomic mass is 10.3. The van der Waals surface area contributed by atoms with Crippen LogP contribution in [-0.4, -0.2) is 26.3 Å². The number of carbonyl (C=O) groups is 1. The summed E-state index contributed by atoms with van der Waals surface area (Å²) in [6.07, 6.45) is 0. The molecule has 0 aliphatic rings. The second-order valence-electron chi connectivity index (χ2n) is 2.52. The maximum Gasteiger partial charge on any atom is 0.340 e. The van der Waals surface area contributed by atoms with Crippen molar-refractivity contribution in [3.8, 4) is 0 Å². The number of primary sulfonamides is 1. The van der Waals surface area contributed by atoms with Crippen LogP contribution in [0.3, 0.4) is 0 Å². The number of halogens is 1. The Labute approximate surface area is 99.4 Å². The van der Waals surface area contributed by atoms with Gasteiger partial charge in [0.15, 0.2) is 0 Å². The smallest absolute Gasteiger partial charge is 0.340 e. The number of esters is 1. The van der Waals surface area contributed by atoms with Gasteiger partial charge in [0.05, 0.1) is 5.56 Å². The van der Waals surface area contributed by atoms with Crippen molar-refractivity contribution in [1.82, 2.24) is 0 Å². The summed E-state index contributed by atoms with van der Waals surface area (Å²) in [6, 6.07) is 0. The van der Waals surface area contributed by atoms with Crippen molar-refractivity contribution in [3.05, 3.63) is 16.3 Å². The lowest BCUT2D eigenvalue weighted by molar-refractivity contribution is 0.0527. The van der Waals surface area contributed by atoms with E-state index in [4.69, 9.17) is 9.88 Å². The molecule has 0 spiro atoms. The normalized spacial score (nSPS) is 11.3. The lowest BCUT2D eigenvalue weighted by Gasteiger charge is -2.02. The summed E-state index contributed by atoms with van der Waals surface area (Å²) in [5, 5.41) is 8.13. The molecule has 8 heteroatoms. The summed E-state index contributed by atoms with van der Waals surface area (Å²) in [4.78, 5) is 11.2. The zero-order valence-electron chi connectivity index (χ0n) is 7.47. The quantitative estimate of drug-likeness (QED) is 0.662. The zero-order chi connectivity index (χ0) is 11.5. The van der Waals surface area contributed by atoms with Crippen molar-refractivity contribution in [2.24, 2.45) is 5.14 Å². The number of thiophene rings is 1. The predicted octanol–water partition coefficient (Wildman–Crippen LogP) is 0.947.